The average Bonchev–Trinajstić information content (AvgIpc) is 3.39. The van der Waals surface area contributed by atoms with Crippen LogP contribution in [0.5, 0.6) is 11.5 Å². The van der Waals surface area contributed by atoms with Gasteiger partial charge < -0.3 is 14.8 Å². The number of hydrogen-bond donors (Lipinski definition) is 1. The number of anilines is 1. The van der Waals surface area contributed by atoms with Crippen molar-refractivity contribution < 1.29 is 14.4 Å². The molecule has 1 aliphatic heterocycles. The SMILES string of the molecule is O=[N+]([O-])c1cc2c(NCc3ccc4c(c3)OCO4)nc(-c3ccncc3)nc2s1. The smallest absolute Gasteiger partial charge is 0.326 e. The summed E-state index contributed by atoms with van der Waals surface area (Å²) in [4.78, 5) is 24.5. The molecule has 0 saturated heterocycles. The molecule has 0 aliphatic carbocycles. The van der Waals surface area contributed by atoms with Gasteiger partial charge in [-0.05, 0) is 41.2 Å². The van der Waals surface area contributed by atoms with Crippen molar-refractivity contribution in [2.75, 3.05) is 12.1 Å². The molecule has 1 N–H and O–H groups in total. The predicted octanol–water partition coefficient (Wildman–Crippen LogP) is 4.00. The normalized spacial score (nSPS) is 12.3. The molecule has 0 amide bonds. The first-order valence-electron chi connectivity index (χ1n) is 8.66. The van der Waals surface area contributed by atoms with Gasteiger partial charge in [0.15, 0.2) is 17.3 Å². The van der Waals surface area contributed by atoms with Crippen molar-refractivity contribution in [2.24, 2.45) is 0 Å². The number of pyridine rings is 1. The summed E-state index contributed by atoms with van der Waals surface area (Å²) < 4.78 is 10.7. The van der Waals surface area contributed by atoms with Gasteiger partial charge in [-0.25, -0.2) is 9.97 Å². The van der Waals surface area contributed by atoms with Gasteiger partial charge in [-0.2, -0.15) is 0 Å². The number of nitrogens with one attached hydrogen (secondary N) is 1. The van der Waals surface area contributed by atoms with Gasteiger partial charge in [0.1, 0.15) is 10.6 Å². The van der Waals surface area contributed by atoms with E-state index in [0.717, 1.165) is 22.5 Å². The van der Waals surface area contributed by atoms with Crippen molar-refractivity contribution in [3.05, 3.63) is 64.5 Å². The van der Waals surface area contributed by atoms with E-state index in [4.69, 9.17) is 9.47 Å². The lowest BCUT2D eigenvalue weighted by molar-refractivity contribution is -0.380. The number of aromatic nitrogens is 3. The Bertz CT molecular complexity index is 1230. The lowest BCUT2D eigenvalue weighted by Crippen LogP contribution is -2.03. The maximum atomic E-state index is 11.2. The average molecular weight is 407 g/mol. The number of fused-ring (bicyclic) bond motifs is 2. The third-order valence-corrected chi connectivity index (χ3v) is 5.38. The molecule has 0 saturated carbocycles. The molecule has 4 heterocycles. The van der Waals surface area contributed by atoms with Gasteiger partial charge >= 0.3 is 5.00 Å². The Morgan fingerprint density at radius 2 is 1.93 bits per heavy atom. The van der Waals surface area contributed by atoms with E-state index < -0.39 is 4.92 Å². The molecule has 4 aromatic rings. The van der Waals surface area contributed by atoms with E-state index in [2.05, 4.69) is 20.3 Å². The van der Waals surface area contributed by atoms with Crippen LogP contribution in [0.25, 0.3) is 21.6 Å². The zero-order valence-electron chi connectivity index (χ0n) is 14.9. The number of thiophene rings is 1. The van der Waals surface area contributed by atoms with Gasteiger partial charge in [0.2, 0.25) is 6.79 Å². The largest absolute Gasteiger partial charge is 0.454 e. The predicted molar refractivity (Wildman–Crippen MR) is 107 cm³/mol. The lowest BCUT2D eigenvalue weighted by atomic mass is 10.2. The van der Waals surface area contributed by atoms with Crippen LogP contribution in [0.15, 0.2) is 48.8 Å². The molecule has 0 fully saturated rings. The summed E-state index contributed by atoms with van der Waals surface area (Å²) >= 11 is 1.02. The van der Waals surface area contributed by atoms with Crippen LogP contribution in [-0.4, -0.2) is 26.7 Å². The molecule has 0 spiro atoms. The van der Waals surface area contributed by atoms with Crippen LogP contribution in [-0.2, 0) is 6.54 Å². The molecule has 9 nitrogen and oxygen atoms in total. The Morgan fingerprint density at radius 1 is 1.10 bits per heavy atom. The molecule has 5 rings (SSSR count). The molecule has 0 unspecified atom stereocenters. The second kappa shape index (κ2) is 6.99. The fraction of sp³-hybridized carbons (Fsp3) is 0.105. The van der Waals surface area contributed by atoms with E-state index in [-0.39, 0.29) is 11.8 Å². The zero-order valence-corrected chi connectivity index (χ0v) is 15.7. The number of benzene rings is 1. The first-order chi connectivity index (χ1) is 14.2. The topological polar surface area (TPSA) is 112 Å². The van der Waals surface area contributed by atoms with E-state index >= 15 is 0 Å². The molecule has 1 aromatic carbocycles. The van der Waals surface area contributed by atoms with Gasteiger partial charge in [0.25, 0.3) is 0 Å². The van der Waals surface area contributed by atoms with Crippen molar-refractivity contribution >= 4 is 32.4 Å². The second-order valence-electron chi connectivity index (χ2n) is 6.23. The van der Waals surface area contributed by atoms with Crippen molar-refractivity contribution in [3.8, 4) is 22.9 Å². The van der Waals surface area contributed by atoms with Gasteiger partial charge in [-0.3, -0.25) is 15.1 Å². The van der Waals surface area contributed by atoms with E-state index in [0.29, 0.717) is 39.9 Å². The van der Waals surface area contributed by atoms with E-state index in [1.807, 2.05) is 18.2 Å². The molecular weight excluding hydrogens is 394 g/mol. The summed E-state index contributed by atoms with van der Waals surface area (Å²) in [5.41, 5.74) is 1.75. The Hall–Kier alpha value is -3.79. The quantitative estimate of drug-likeness (QED) is 0.390. The molecule has 0 atom stereocenters. The monoisotopic (exact) mass is 407 g/mol. The maximum absolute atomic E-state index is 11.2. The second-order valence-corrected chi connectivity index (χ2v) is 7.24. The lowest BCUT2D eigenvalue weighted by Gasteiger charge is -2.09. The number of hydrogen-bond acceptors (Lipinski definition) is 9. The van der Waals surface area contributed by atoms with E-state index in [1.54, 1.807) is 24.5 Å². The van der Waals surface area contributed by atoms with Crippen molar-refractivity contribution in [2.45, 2.75) is 6.54 Å². The first-order valence-corrected chi connectivity index (χ1v) is 9.48. The van der Waals surface area contributed by atoms with Gasteiger partial charge in [0, 0.05) is 30.6 Å². The zero-order chi connectivity index (χ0) is 19.8. The standard InChI is InChI=1S/C19H13N5O4S/c25-24(26)16-8-13-18(21-9-11-1-2-14-15(7-11)28-10-27-14)22-17(23-19(13)29-16)12-3-5-20-6-4-12/h1-8H,9-10H2,(H,21,22,23). The number of nitrogens with zero attached hydrogens (tertiary/aromatic N) is 4. The van der Waals surface area contributed by atoms with Gasteiger partial charge in [-0.15, -0.1) is 0 Å². The third-order valence-electron chi connectivity index (χ3n) is 4.40. The molecule has 0 bridgehead atoms. The molecule has 1 aliphatic rings. The highest BCUT2D eigenvalue weighted by Crippen LogP contribution is 2.36. The van der Waals surface area contributed by atoms with Crippen LogP contribution in [0.2, 0.25) is 0 Å². The summed E-state index contributed by atoms with van der Waals surface area (Å²) in [6, 6.07) is 10.8. The summed E-state index contributed by atoms with van der Waals surface area (Å²) in [6.45, 7) is 0.675. The highest BCUT2D eigenvalue weighted by atomic mass is 32.1. The minimum atomic E-state index is -0.417. The number of ether oxygens (including phenoxy) is 2. The molecule has 144 valence electrons. The van der Waals surface area contributed by atoms with Crippen molar-refractivity contribution in [3.63, 3.8) is 0 Å². The highest BCUT2D eigenvalue weighted by molar-refractivity contribution is 7.21. The first kappa shape index (κ1) is 17.3. The molecule has 29 heavy (non-hydrogen) atoms. The van der Waals surface area contributed by atoms with Crippen LogP contribution < -0.4 is 14.8 Å². The fourth-order valence-corrected chi connectivity index (χ4v) is 3.85. The Balaban J connectivity index is 1.53. The van der Waals surface area contributed by atoms with Gasteiger partial charge in [0.05, 0.1) is 10.3 Å². The van der Waals surface area contributed by atoms with Crippen LogP contribution in [0.3, 0.4) is 0 Å². The summed E-state index contributed by atoms with van der Waals surface area (Å²) in [5.74, 6) is 2.42. The van der Waals surface area contributed by atoms with Crippen LogP contribution >= 0.6 is 11.3 Å². The Kier molecular flexibility index (Phi) is 4.17. The minimum Gasteiger partial charge on any atom is -0.454 e. The van der Waals surface area contributed by atoms with Crippen molar-refractivity contribution in [1.29, 1.82) is 0 Å². The highest BCUT2D eigenvalue weighted by Gasteiger charge is 2.19. The summed E-state index contributed by atoms with van der Waals surface area (Å²) in [5, 5.41) is 15.1. The van der Waals surface area contributed by atoms with Crippen LogP contribution in [0.1, 0.15) is 5.56 Å². The van der Waals surface area contributed by atoms with Crippen LogP contribution in [0, 0.1) is 10.1 Å². The minimum absolute atomic E-state index is 0.0207. The Labute approximate surface area is 168 Å². The molecule has 10 heteroatoms. The maximum Gasteiger partial charge on any atom is 0.326 e. The van der Waals surface area contributed by atoms with Crippen molar-refractivity contribution in [1.82, 2.24) is 15.0 Å². The van der Waals surface area contributed by atoms with E-state index in [9.17, 15) is 10.1 Å². The van der Waals surface area contributed by atoms with Gasteiger partial charge in [-0.1, -0.05) is 6.07 Å². The number of nitro groups is 1. The Morgan fingerprint density at radius 3 is 2.76 bits per heavy atom. The molecule has 0 radical (unpaired) electrons. The fourth-order valence-electron chi connectivity index (χ4n) is 3.00. The summed E-state index contributed by atoms with van der Waals surface area (Å²) in [7, 11) is 0. The molecule has 3 aromatic heterocycles. The summed E-state index contributed by atoms with van der Waals surface area (Å²) in [6.07, 6.45) is 3.30. The van der Waals surface area contributed by atoms with E-state index in [1.165, 1.54) is 6.07 Å². The third kappa shape index (κ3) is 3.29. The number of rotatable bonds is 5. The molecular formula is C19H13N5O4S. The van der Waals surface area contributed by atoms with Crippen LogP contribution in [0.4, 0.5) is 10.8 Å².